The van der Waals surface area contributed by atoms with E-state index in [0.717, 1.165) is 12.1 Å². The van der Waals surface area contributed by atoms with Gasteiger partial charge in [0.2, 0.25) is 0 Å². The Hall–Kier alpha value is -3.04. The molecule has 3 aromatic rings. The van der Waals surface area contributed by atoms with Crippen molar-refractivity contribution in [1.82, 2.24) is 10.2 Å². The molecule has 150 valence electrons. The number of ether oxygens (including phenoxy) is 1. The van der Waals surface area contributed by atoms with E-state index in [4.69, 9.17) is 21.1 Å². The number of aryl methyl sites for hydroxylation is 1. The number of aromatic nitrogens is 2. The summed E-state index contributed by atoms with van der Waals surface area (Å²) in [6, 6.07) is 11.2. The van der Waals surface area contributed by atoms with Crippen molar-refractivity contribution >= 4 is 32.9 Å². The van der Waals surface area contributed by atoms with Crippen LogP contribution in [0, 0.1) is 17.5 Å². The molecule has 0 fully saturated rings. The van der Waals surface area contributed by atoms with Crippen LogP contribution in [-0.4, -0.2) is 26.6 Å². The Kier molecular flexibility index (Phi) is 5.81. The third kappa shape index (κ3) is 5.07. The average molecular weight is 435 g/mol. The van der Waals surface area contributed by atoms with Gasteiger partial charge in [-0.05, 0) is 49.4 Å². The third-order valence-corrected chi connectivity index (χ3v) is 5.22. The maximum Gasteiger partial charge on any atom is 0.261 e. The first-order valence-electron chi connectivity index (χ1n) is 8.26. The van der Waals surface area contributed by atoms with Crippen LogP contribution in [0.25, 0.3) is 0 Å². The van der Waals surface area contributed by atoms with E-state index in [2.05, 4.69) is 15.5 Å². The second kappa shape index (κ2) is 8.14. The maximum absolute atomic E-state index is 13.2. The Balaban J connectivity index is 1.92. The molecule has 0 aliphatic carbocycles. The van der Waals surface area contributed by atoms with Crippen LogP contribution in [0.15, 0.2) is 53.4 Å². The summed E-state index contributed by atoms with van der Waals surface area (Å²) in [6.45, 7) is 1.66. The molecule has 7 nitrogen and oxygen atoms in total. The monoisotopic (exact) mass is 434 g/mol. The minimum Gasteiger partial charge on any atom is -0.435 e. The Labute approximate surface area is 171 Å². The smallest absolute Gasteiger partial charge is 0.261 e. The standard InChI is InChI=1S/C19H16ClFN4O3S/c1-11-8-15(18(26)23-13-4-3-5-14(10-13)29(2,22)27)19(25-24-11)28-17-7-6-12(21)9-16(17)20/h3-10,22H,1-2H3,(H,23,26). The van der Waals surface area contributed by atoms with E-state index in [0.29, 0.717) is 11.4 Å². The number of anilines is 1. The molecule has 0 aliphatic rings. The lowest BCUT2D eigenvalue weighted by Crippen LogP contribution is -2.15. The van der Waals surface area contributed by atoms with Gasteiger partial charge in [0.1, 0.15) is 17.1 Å². The van der Waals surface area contributed by atoms with Crippen molar-refractivity contribution in [3.05, 3.63) is 70.6 Å². The molecule has 1 amide bonds. The molecule has 29 heavy (non-hydrogen) atoms. The molecule has 1 heterocycles. The number of halogens is 2. The molecule has 0 saturated heterocycles. The van der Waals surface area contributed by atoms with E-state index < -0.39 is 21.5 Å². The van der Waals surface area contributed by atoms with Gasteiger partial charge in [0.05, 0.1) is 20.4 Å². The molecule has 10 heteroatoms. The Morgan fingerprint density at radius 3 is 2.66 bits per heavy atom. The lowest BCUT2D eigenvalue weighted by atomic mass is 10.2. The summed E-state index contributed by atoms with van der Waals surface area (Å²) in [4.78, 5) is 13.1. The maximum atomic E-state index is 13.2. The van der Waals surface area contributed by atoms with Crippen molar-refractivity contribution in [2.75, 3.05) is 11.6 Å². The summed E-state index contributed by atoms with van der Waals surface area (Å²) in [7, 11) is -2.93. The lowest BCUT2D eigenvalue weighted by Gasteiger charge is -2.12. The number of hydrogen-bond donors (Lipinski definition) is 2. The number of rotatable bonds is 5. The highest BCUT2D eigenvalue weighted by Crippen LogP contribution is 2.31. The number of hydrogen-bond acceptors (Lipinski definition) is 6. The molecule has 2 aromatic carbocycles. The van der Waals surface area contributed by atoms with Gasteiger partial charge in [-0.2, -0.15) is 5.10 Å². The van der Waals surface area contributed by atoms with E-state index in [9.17, 15) is 13.4 Å². The van der Waals surface area contributed by atoms with Crippen molar-refractivity contribution in [3.8, 4) is 11.6 Å². The highest BCUT2D eigenvalue weighted by atomic mass is 35.5. The van der Waals surface area contributed by atoms with Crippen molar-refractivity contribution in [3.63, 3.8) is 0 Å². The van der Waals surface area contributed by atoms with E-state index in [-0.39, 0.29) is 27.1 Å². The van der Waals surface area contributed by atoms with E-state index in [1.165, 1.54) is 24.5 Å². The predicted molar refractivity (Wildman–Crippen MR) is 108 cm³/mol. The van der Waals surface area contributed by atoms with Crippen molar-refractivity contribution in [2.24, 2.45) is 0 Å². The Morgan fingerprint density at radius 1 is 1.21 bits per heavy atom. The molecule has 1 unspecified atom stereocenters. The summed E-state index contributed by atoms with van der Waals surface area (Å²) < 4.78 is 38.4. The van der Waals surface area contributed by atoms with E-state index in [1.54, 1.807) is 25.1 Å². The normalized spacial score (nSPS) is 12.8. The molecule has 0 aliphatic heterocycles. The molecular formula is C19H16ClFN4O3S. The number of carbonyl (C=O) groups is 1. The van der Waals surface area contributed by atoms with Crippen LogP contribution in [0.1, 0.15) is 16.1 Å². The zero-order valence-corrected chi connectivity index (χ0v) is 17.0. The quantitative estimate of drug-likeness (QED) is 0.607. The molecule has 1 atom stereocenters. The topological polar surface area (TPSA) is 105 Å². The van der Waals surface area contributed by atoms with Crippen molar-refractivity contribution < 1.29 is 18.1 Å². The lowest BCUT2D eigenvalue weighted by molar-refractivity contribution is 0.102. The van der Waals surface area contributed by atoms with Gasteiger partial charge in [0, 0.05) is 16.8 Å². The first kappa shape index (κ1) is 20.7. The molecule has 1 aromatic heterocycles. The fourth-order valence-corrected chi connectivity index (χ4v) is 3.29. The molecule has 0 saturated carbocycles. The highest BCUT2D eigenvalue weighted by Gasteiger charge is 2.18. The molecule has 2 N–H and O–H groups in total. The van der Waals surface area contributed by atoms with Crippen LogP contribution < -0.4 is 10.1 Å². The number of carbonyl (C=O) groups excluding carboxylic acids is 1. The van der Waals surface area contributed by atoms with Crippen molar-refractivity contribution in [2.45, 2.75) is 11.8 Å². The second-order valence-corrected chi connectivity index (χ2v) is 8.77. The first-order chi connectivity index (χ1) is 13.6. The largest absolute Gasteiger partial charge is 0.435 e. The number of amides is 1. The predicted octanol–water partition coefficient (Wildman–Crippen LogP) is 4.66. The van der Waals surface area contributed by atoms with Crippen LogP contribution in [0.3, 0.4) is 0 Å². The van der Waals surface area contributed by atoms with Gasteiger partial charge in [-0.25, -0.2) is 13.4 Å². The molecule has 0 spiro atoms. The second-order valence-electron chi connectivity index (χ2n) is 6.21. The van der Waals surface area contributed by atoms with Gasteiger partial charge in [0.25, 0.3) is 11.8 Å². The van der Waals surface area contributed by atoms with Gasteiger partial charge < -0.3 is 10.1 Å². The van der Waals surface area contributed by atoms with Crippen molar-refractivity contribution in [1.29, 1.82) is 4.78 Å². The summed E-state index contributed by atoms with van der Waals surface area (Å²) in [5, 5.41) is 10.5. The number of nitrogens with one attached hydrogen (secondary N) is 2. The van der Waals surface area contributed by atoms with Gasteiger partial charge in [-0.1, -0.05) is 17.7 Å². The number of benzene rings is 2. The van der Waals surface area contributed by atoms with Crippen LogP contribution in [0.2, 0.25) is 5.02 Å². The molecule has 3 rings (SSSR count). The van der Waals surface area contributed by atoms with Gasteiger partial charge >= 0.3 is 0 Å². The third-order valence-electron chi connectivity index (χ3n) is 3.77. The zero-order valence-electron chi connectivity index (χ0n) is 15.4. The number of nitrogens with zero attached hydrogens (tertiary/aromatic N) is 2. The summed E-state index contributed by atoms with van der Waals surface area (Å²) >= 11 is 5.97. The van der Waals surface area contributed by atoms with Crippen LogP contribution >= 0.6 is 11.6 Å². The summed E-state index contributed by atoms with van der Waals surface area (Å²) in [5.74, 6) is -1.09. The van der Waals surface area contributed by atoms with Gasteiger partial charge in [-0.15, -0.1) is 5.10 Å². The summed E-state index contributed by atoms with van der Waals surface area (Å²) in [5.41, 5.74) is 0.908. The van der Waals surface area contributed by atoms with Crippen LogP contribution in [-0.2, 0) is 9.73 Å². The summed E-state index contributed by atoms with van der Waals surface area (Å²) in [6.07, 6.45) is 1.29. The molecule has 0 bridgehead atoms. The molecule has 0 radical (unpaired) electrons. The molecular weight excluding hydrogens is 419 g/mol. The SMILES string of the molecule is Cc1cc(C(=O)Nc2cccc(S(C)(=N)=O)c2)c(Oc2ccc(F)cc2Cl)nn1. The zero-order chi connectivity index (χ0) is 21.2. The van der Waals surface area contributed by atoms with E-state index in [1.807, 2.05) is 0 Å². The fraction of sp³-hybridized carbons (Fsp3) is 0.105. The van der Waals surface area contributed by atoms with Gasteiger partial charge in [-0.3, -0.25) is 4.79 Å². The van der Waals surface area contributed by atoms with Crippen LogP contribution in [0.5, 0.6) is 11.6 Å². The van der Waals surface area contributed by atoms with Gasteiger partial charge in [0.15, 0.2) is 0 Å². The minimum absolute atomic E-state index is 0.0135. The van der Waals surface area contributed by atoms with Crippen LogP contribution in [0.4, 0.5) is 10.1 Å². The van der Waals surface area contributed by atoms with E-state index >= 15 is 0 Å². The highest BCUT2D eigenvalue weighted by molar-refractivity contribution is 7.91. The Bertz CT molecular complexity index is 1200. The minimum atomic E-state index is -2.93. The first-order valence-corrected chi connectivity index (χ1v) is 10.6. The fourth-order valence-electron chi connectivity index (χ4n) is 2.39. The average Bonchev–Trinajstić information content (AvgIpc) is 2.64. The Morgan fingerprint density at radius 2 is 1.97 bits per heavy atom.